The lowest BCUT2D eigenvalue weighted by molar-refractivity contribution is 0.447. The van der Waals surface area contributed by atoms with Gasteiger partial charge in [0.1, 0.15) is 28.7 Å². The summed E-state index contributed by atoms with van der Waals surface area (Å²) in [4.78, 5) is 2.11. The highest BCUT2D eigenvalue weighted by Gasteiger charge is 2.21. The smallest absolute Gasteiger partial charge is 0.134 e. The maximum absolute atomic E-state index is 10.3. The van der Waals surface area contributed by atoms with Crippen LogP contribution in [0.4, 0.5) is 17.1 Å². The molecule has 0 unspecified atom stereocenters. The van der Waals surface area contributed by atoms with Crippen LogP contribution in [0.1, 0.15) is 33.4 Å². The van der Waals surface area contributed by atoms with Gasteiger partial charge in [-0.05, 0) is 118 Å². The second kappa shape index (κ2) is 9.26. The SMILES string of the molecule is Cc1cc(O)c(C)c(Oc2cccc(N(c3ccc(O)c(C)c3C)c3ccc(O)c(C)c3C)c2)c1. The molecule has 180 valence electrons. The first-order chi connectivity index (χ1) is 16.6. The minimum atomic E-state index is 0.197. The van der Waals surface area contributed by atoms with Crippen molar-refractivity contribution >= 4 is 17.1 Å². The third-order valence-electron chi connectivity index (χ3n) is 6.72. The van der Waals surface area contributed by atoms with E-state index in [2.05, 4.69) is 4.90 Å². The van der Waals surface area contributed by atoms with Crippen molar-refractivity contribution in [3.63, 3.8) is 0 Å². The maximum Gasteiger partial charge on any atom is 0.134 e. The molecule has 0 radical (unpaired) electrons. The summed E-state index contributed by atoms with van der Waals surface area (Å²) in [5.41, 5.74) is 7.77. The third kappa shape index (κ3) is 4.50. The van der Waals surface area contributed by atoms with Crippen LogP contribution in [-0.2, 0) is 0 Å². The Morgan fingerprint density at radius 2 is 1.14 bits per heavy atom. The molecule has 4 aromatic rings. The number of benzene rings is 4. The molecule has 0 heterocycles. The average Bonchev–Trinajstić information content (AvgIpc) is 2.82. The monoisotopic (exact) mass is 469 g/mol. The number of anilines is 3. The second-order valence-electron chi connectivity index (χ2n) is 9.05. The van der Waals surface area contributed by atoms with Crippen LogP contribution in [0.2, 0.25) is 0 Å². The summed E-state index contributed by atoms with van der Waals surface area (Å²) in [6.45, 7) is 11.5. The molecule has 4 rings (SSSR count). The van der Waals surface area contributed by atoms with Gasteiger partial charge in [-0.25, -0.2) is 0 Å². The number of hydrogen-bond acceptors (Lipinski definition) is 5. The van der Waals surface area contributed by atoms with Crippen molar-refractivity contribution < 1.29 is 20.1 Å². The van der Waals surface area contributed by atoms with E-state index in [0.717, 1.165) is 44.9 Å². The van der Waals surface area contributed by atoms with Crippen LogP contribution in [0.15, 0.2) is 60.7 Å². The quantitative estimate of drug-likeness (QED) is 0.277. The van der Waals surface area contributed by atoms with E-state index in [1.807, 2.05) is 84.0 Å². The van der Waals surface area contributed by atoms with Crippen LogP contribution >= 0.6 is 0 Å². The van der Waals surface area contributed by atoms with E-state index >= 15 is 0 Å². The second-order valence-corrected chi connectivity index (χ2v) is 9.05. The highest BCUT2D eigenvalue weighted by Crippen LogP contribution is 2.43. The standard InChI is InChI=1S/C30H31NO4/c1-17-14-29(34)22(6)30(15-17)35-24-9-7-8-23(16-24)31(25-10-12-27(32)20(4)18(25)2)26-11-13-28(33)21(5)19(26)3/h7-16,32-34H,1-6H3. The van der Waals surface area contributed by atoms with Gasteiger partial charge in [-0.15, -0.1) is 0 Å². The number of rotatable bonds is 5. The van der Waals surface area contributed by atoms with Gasteiger partial charge in [0.05, 0.1) is 0 Å². The fraction of sp³-hybridized carbons (Fsp3) is 0.200. The number of ether oxygens (including phenoxy) is 1. The molecule has 3 N–H and O–H groups in total. The Bertz CT molecular complexity index is 1370. The molecule has 0 amide bonds. The van der Waals surface area contributed by atoms with Crippen molar-refractivity contribution in [1.82, 2.24) is 0 Å². The van der Waals surface area contributed by atoms with Gasteiger partial charge in [0.25, 0.3) is 0 Å². The lowest BCUT2D eigenvalue weighted by Gasteiger charge is -2.30. The van der Waals surface area contributed by atoms with Crippen LogP contribution in [0, 0.1) is 41.5 Å². The molecular formula is C30H31NO4. The summed E-state index contributed by atoms with van der Waals surface area (Å²) in [6.07, 6.45) is 0. The molecule has 5 nitrogen and oxygen atoms in total. The average molecular weight is 470 g/mol. The van der Waals surface area contributed by atoms with Gasteiger partial charge in [-0.2, -0.15) is 0 Å². The topological polar surface area (TPSA) is 73.2 Å². The minimum Gasteiger partial charge on any atom is -0.508 e. The van der Waals surface area contributed by atoms with Gasteiger partial charge in [0, 0.05) is 28.7 Å². The molecule has 4 aromatic carbocycles. The third-order valence-corrected chi connectivity index (χ3v) is 6.72. The molecule has 0 atom stereocenters. The highest BCUT2D eigenvalue weighted by atomic mass is 16.5. The van der Waals surface area contributed by atoms with Gasteiger partial charge in [-0.3, -0.25) is 0 Å². The van der Waals surface area contributed by atoms with Crippen molar-refractivity contribution in [1.29, 1.82) is 0 Å². The molecule has 0 fully saturated rings. The molecule has 0 aliphatic heterocycles. The zero-order valence-electron chi connectivity index (χ0n) is 21.0. The Labute approximate surface area is 206 Å². The fourth-order valence-electron chi connectivity index (χ4n) is 4.20. The Balaban J connectivity index is 1.89. The zero-order chi connectivity index (χ0) is 25.4. The Kier molecular flexibility index (Phi) is 6.35. The molecule has 35 heavy (non-hydrogen) atoms. The Morgan fingerprint density at radius 3 is 1.71 bits per heavy atom. The van der Waals surface area contributed by atoms with Gasteiger partial charge >= 0.3 is 0 Å². The van der Waals surface area contributed by atoms with Crippen LogP contribution in [0.3, 0.4) is 0 Å². The predicted molar refractivity (Wildman–Crippen MR) is 141 cm³/mol. The largest absolute Gasteiger partial charge is 0.508 e. The summed E-state index contributed by atoms with van der Waals surface area (Å²) in [5.74, 6) is 1.91. The van der Waals surface area contributed by atoms with E-state index in [-0.39, 0.29) is 17.2 Å². The van der Waals surface area contributed by atoms with E-state index < -0.39 is 0 Å². The zero-order valence-corrected chi connectivity index (χ0v) is 21.0. The van der Waals surface area contributed by atoms with Crippen LogP contribution in [0.25, 0.3) is 0 Å². The van der Waals surface area contributed by atoms with Gasteiger partial charge < -0.3 is 25.0 Å². The summed E-state index contributed by atoms with van der Waals surface area (Å²) >= 11 is 0. The van der Waals surface area contributed by atoms with Crippen molar-refractivity contribution in [2.45, 2.75) is 41.5 Å². The van der Waals surface area contributed by atoms with E-state index in [0.29, 0.717) is 17.1 Å². The summed E-state index contributed by atoms with van der Waals surface area (Å²) in [5, 5.41) is 30.8. The van der Waals surface area contributed by atoms with Crippen molar-refractivity contribution in [3.8, 4) is 28.7 Å². The van der Waals surface area contributed by atoms with E-state index in [9.17, 15) is 15.3 Å². The van der Waals surface area contributed by atoms with Gasteiger partial charge in [0.15, 0.2) is 0 Å². The molecule has 0 aliphatic carbocycles. The molecule has 0 bridgehead atoms. The summed E-state index contributed by atoms with van der Waals surface area (Å²) in [7, 11) is 0. The Hall–Kier alpha value is -4.12. The summed E-state index contributed by atoms with van der Waals surface area (Å²) < 4.78 is 6.21. The van der Waals surface area contributed by atoms with Crippen LogP contribution in [-0.4, -0.2) is 15.3 Å². The van der Waals surface area contributed by atoms with Gasteiger partial charge in [-0.1, -0.05) is 6.07 Å². The predicted octanol–water partition coefficient (Wildman–Crippen LogP) is 7.92. The molecule has 0 aliphatic rings. The molecule has 0 saturated heterocycles. The lowest BCUT2D eigenvalue weighted by Crippen LogP contribution is -2.13. The van der Waals surface area contributed by atoms with Crippen molar-refractivity contribution in [2.24, 2.45) is 0 Å². The normalized spacial score (nSPS) is 10.9. The van der Waals surface area contributed by atoms with Crippen LogP contribution < -0.4 is 9.64 Å². The number of aryl methyl sites for hydroxylation is 1. The van der Waals surface area contributed by atoms with Crippen molar-refractivity contribution in [2.75, 3.05) is 4.90 Å². The lowest BCUT2D eigenvalue weighted by atomic mass is 10.0. The maximum atomic E-state index is 10.3. The van der Waals surface area contributed by atoms with Crippen LogP contribution in [0.5, 0.6) is 28.7 Å². The molecule has 5 heteroatoms. The Morgan fingerprint density at radius 1 is 0.571 bits per heavy atom. The molecular weight excluding hydrogens is 438 g/mol. The molecule has 0 saturated carbocycles. The summed E-state index contributed by atoms with van der Waals surface area (Å²) in [6, 6.07) is 18.6. The first-order valence-corrected chi connectivity index (χ1v) is 11.5. The highest BCUT2D eigenvalue weighted by molar-refractivity contribution is 5.82. The van der Waals surface area contributed by atoms with E-state index in [1.165, 1.54) is 0 Å². The molecule has 0 spiro atoms. The number of hydrogen-bond donors (Lipinski definition) is 3. The minimum absolute atomic E-state index is 0.197. The first-order valence-electron chi connectivity index (χ1n) is 11.5. The first kappa shape index (κ1) is 24.0. The number of phenolic OH excluding ortho intramolecular Hbond substituents is 3. The van der Waals surface area contributed by atoms with E-state index in [4.69, 9.17) is 4.74 Å². The van der Waals surface area contributed by atoms with E-state index in [1.54, 1.807) is 18.2 Å². The van der Waals surface area contributed by atoms with Gasteiger partial charge in [0.2, 0.25) is 0 Å². The number of aromatic hydroxyl groups is 3. The number of nitrogens with zero attached hydrogens (tertiary/aromatic N) is 1. The fourth-order valence-corrected chi connectivity index (χ4v) is 4.20. The number of phenols is 3. The van der Waals surface area contributed by atoms with Crippen molar-refractivity contribution in [3.05, 3.63) is 94.0 Å². The molecule has 0 aromatic heterocycles.